The molecule has 0 radical (unpaired) electrons. The summed E-state index contributed by atoms with van der Waals surface area (Å²) in [6.45, 7) is 0.485. The molecule has 0 spiro atoms. The number of aliphatic hydroxyl groups is 1. The van der Waals surface area contributed by atoms with Crippen LogP contribution in [0, 0.1) is 0 Å². The Balaban J connectivity index is 2.23. The first-order chi connectivity index (χ1) is 10.1. The van der Waals surface area contributed by atoms with Crippen molar-refractivity contribution in [3.8, 4) is 0 Å². The zero-order valence-electron chi connectivity index (χ0n) is 11.2. The number of hydrogen-bond donors (Lipinski definition) is 2. The molecule has 0 bridgehead atoms. The number of carboxylic acid groups (broad SMARTS) is 1. The van der Waals surface area contributed by atoms with Crippen molar-refractivity contribution in [2.45, 2.75) is 0 Å². The fourth-order valence-electron chi connectivity index (χ4n) is 1.85. The number of benzene rings is 1. The summed E-state index contributed by atoms with van der Waals surface area (Å²) in [6, 6.07) is 5.78. The standard InChI is InChI=1S/C14H15NO6/c16-6-5-15(13(17)12-9-20-7-8-21-12)11-3-1-10(2-4-11)14(18)19/h1-4,9,16H,5-8H2,(H,18,19). The van der Waals surface area contributed by atoms with Crippen molar-refractivity contribution in [1.82, 2.24) is 0 Å². The predicted octanol–water partition coefficient (Wildman–Crippen LogP) is 0.598. The van der Waals surface area contributed by atoms with Crippen molar-refractivity contribution >= 4 is 17.6 Å². The van der Waals surface area contributed by atoms with Gasteiger partial charge in [0.05, 0.1) is 12.2 Å². The zero-order chi connectivity index (χ0) is 15.2. The highest BCUT2D eigenvalue weighted by atomic mass is 16.6. The van der Waals surface area contributed by atoms with E-state index in [1.165, 1.54) is 35.4 Å². The molecule has 0 aliphatic carbocycles. The van der Waals surface area contributed by atoms with Gasteiger partial charge >= 0.3 is 5.97 Å². The van der Waals surface area contributed by atoms with Crippen molar-refractivity contribution in [2.75, 3.05) is 31.3 Å². The first kappa shape index (κ1) is 14.9. The van der Waals surface area contributed by atoms with Crippen molar-refractivity contribution < 1.29 is 29.3 Å². The third-order valence-electron chi connectivity index (χ3n) is 2.85. The van der Waals surface area contributed by atoms with Crippen LogP contribution in [-0.4, -0.2) is 48.5 Å². The summed E-state index contributed by atoms with van der Waals surface area (Å²) in [7, 11) is 0. The Morgan fingerprint density at radius 2 is 1.90 bits per heavy atom. The number of amides is 1. The lowest BCUT2D eigenvalue weighted by atomic mass is 10.2. The summed E-state index contributed by atoms with van der Waals surface area (Å²) in [5, 5.41) is 18.0. The molecule has 0 saturated carbocycles. The van der Waals surface area contributed by atoms with E-state index < -0.39 is 11.9 Å². The second-order valence-corrected chi connectivity index (χ2v) is 4.23. The average Bonchev–Trinajstić information content (AvgIpc) is 2.53. The second-order valence-electron chi connectivity index (χ2n) is 4.23. The molecular weight excluding hydrogens is 278 g/mol. The van der Waals surface area contributed by atoms with E-state index in [0.717, 1.165) is 0 Å². The van der Waals surface area contributed by atoms with Crippen LogP contribution in [0.5, 0.6) is 0 Å². The maximum absolute atomic E-state index is 12.3. The SMILES string of the molecule is O=C(O)c1ccc(N(CCO)C(=O)C2=COCCO2)cc1. The maximum Gasteiger partial charge on any atom is 0.335 e. The minimum Gasteiger partial charge on any atom is -0.494 e. The molecule has 1 aromatic rings. The molecule has 1 aliphatic rings. The van der Waals surface area contributed by atoms with E-state index in [1.54, 1.807) is 0 Å². The van der Waals surface area contributed by atoms with Crippen molar-refractivity contribution in [3.05, 3.63) is 41.9 Å². The largest absolute Gasteiger partial charge is 0.494 e. The summed E-state index contributed by atoms with van der Waals surface area (Å²) < 4.78 is 10.3. The lowest BCUT2D eigenvalue weighted by Crippen LogP contribution is -2.36. The molecule has 2 rings (SSSR count). The Kier molecular flexibility index (Phi) is 4.78. The number of ether oxygens (including phenoxy) is 2. The normalized spacial score (nSPS) is 13.7. The second kappa shape index (κ2) is 6.76. The van der Waals surface area contributed by atoms with Crippen LogP contribution in [0.2, 0.25) is 0 Å². The quantitative estimate of drug-likeness (QED) is 0.825. The van der Waals surface area contributed by atoms with Crippen molar-refractivity contribution in [2.24, 2.45) is 0 Å². The number of carbonyl (C=O) groups excluding carboxylic acids is 1. The molecule has 2 N–H and O–H groups in total. The van der Waals surface area contributed by atoms with Gasteiger partial charge in [0.25, 0.3) is 5.91 Å². The number of nitrogens with zero attached hydrogens (tertiary/aromatic N) is 1. The van der Waals surface area contributed by atoms with E-state index in [-0.39, 0.29) is 31.1 Å². The number of hydrogen-bond acceptors (Lipinski definition) is 5. The van der Waals surface area contributed by atoms with Gasteiger partial charge in [0.1, 0.15) is 19.5 Å². The highest BCUT2D eigenvalue weighted by molar-refractivity contribution is 6.04. The molecule has 0 unspecified atom stereocenters. The maximum atomic E-state index is 12.3. The van der Waals surface area contributed by atoms with Gasteiger partial charge in [-0.25, -0.2) is 4.79 Å². The minimum atomic E-state index is -1.05. The Labute approximate surface area is 121 Å². The fraction of sp³-hybridized carbons (Fsp3) is 0.286. The monoisotopic (exact) mass is 293 g/mol. The van der Waals surface area contributed by atoms with Crippen LogP contribution >= 0.6 is 0 Å². The molecule has 1 aliphatic heterocycles. The molecule has 7 nitrogen and oxygen atoms in total. The first-order valence-electron chi connectivity index (χ1n) is 6.34. The van der Waals surface area contributed by atoms with Gasteiger partial charge in [-0.15, -0.1) is 0 Å². The van der Waals surface area contributed by atoms with Gasteiger partial charge in [-0.2, -0.15) is 0 Å². The van der Waals surface area contributed by atoms with Crippen molar-refractivity contribution in [3.63, 3.8) is 0 Å². The lowest BCUT2D eigenvalue weighted by molar-refractivity contribution is -0.119. The Morgan fingerprint density at radius 3 is 2.43 bits per heavy atom. The highest BCUT2D eigenvalue weighted by Crippen LogP contribution is 2.19. The molecule has 0 saturated heterocycles. The molecule has 0 atom stereocenters. The van der Waals surface area contributed by atoms with Gasteiger partial charge < -0.3 is 24.6 Å². The molecule has 1 aromatic carbocycles. The van der Waals surface area contributed by atoms with E-state index in [2.05, 4.69) is 0 Å². The van der Waals surface area contributed by atoms with Gasteiger partial charge in [0.15, 0.2) is 0 Å². The number of aliphatic hydroxyl groups excluding tert-OH is 1. The Bertz CT molecular complexity index is 551. The van der Waals surface area contributed by atoms with E-state index in [0.29, 0.717) is 12.3 Å². The lowest BCUT2D eigenvalue weighted by Gasteiger charge is -2.24. The summed E-state index contributed by atoms with van der Waals surface area (Å²) >= 11 is 0. The third kappa shape index (κ3) is 3.51. The highest BCUT2D eigenvalue weighted by Gasteiger charge is 2.23. The van der Waals surface area contributed by atoms with E-state index in [1.807, 2.05) is 0 Å². The van der Waals surface area contributed by atoms with Crippen LogP contribution in [0.3, 0.4) is 0 Å². The molecule has 0 aromatic heterocycles. The van der Waals surface area contributed by atoms with Crippen LogP contribution in [-0.2, 0) is 14.3 Å². The van der Waals surface area contributed by atoms with Gasteiger partial charge in [-0.05, 0) is 24.3 Å². The smallest absolute Gasteiger partial charge is 0.335 e. The molecule has 21 heavy (non-hydrogen) atoms. The number of carbonyl (C=O) groups is 2. The van der Waals surface area contributed by atoms with Gasteiger partial charge in [0.2, 0.25) is 5.76 Å². The molecular formula is C14H15NO6. The van der Waals surface area contributed by atoms with Gasteiger partial charge in [0, 0.05) is 12.2 Å². The summed E-state index contributed by atoms with van der Waals surface area (Å²) in [6.07, 6.45) is 1.24. The van der Waals surface area contributed by atoms with Gasteiger partial charge in [-0.1, -0.05) is 0 Å². The van der Waals surface area contributed by atoms with E-state index in [9.17, 15) is 9.59 Å². The van der Waals surface area contributed by atoms with Gasteiger partial charge in [-0.3, -0.25) is 4.79 Å². The first-order valence-corrected chi connectivity index (χ1v) is 6.34. The van der Waals surface area contributed by atoms with Crippen molar-refractivity contribution in [1.29, 1.82) is 0 Å². The Hall–Kier alpha value is -2.54. The van der Waals surface area contributed by atoms with Crippen LogP contribution in [0.15, 0.2) is 36.3 Å². The predicted molar refractivity (Wildman–Crippen MR) is 72.8 cm³/mol. The third-order valence-corrected chi connectivity index (χ3v) is 2.85. The summed E-state index contributed by atoms with van der Waals surface area (Å²) in [4.78, 5) is 24.5. The zero-order valence-corrected chi connectivity index (χ0v) is 11.2. The Morgan fingerprint density at radius 1 is 1.19 bits per heavy atom. The van der Waals surface area contributed by atoms with Crippen LogP contribution < -0.4 is 4.90 Å². The average molecular weight is 293 g/mol. The molecule has 112 valence electrons. The van der Waals surface area contributed by atoms with Crippen LogP contribution in [0.1, 0.15) is 10.4 Å². The summed E-state index contributed by atoms with van der Waals surface area (Å²) in [5.41, 5.74) is 0.584. The van der Waals surface area contributed by atoms with E-state index in [4.69, 9.17) is 19.7 Å². The topological polar surface area (TPSA) is 96.3 Å². The number of carboxylic acids is 1. The number of rotatable bonds is 5. The molecule has 1 amide bonds. The van der Waals surface area contributed by atoms with E-state index >= 15 is 0 Å². The molecule has 1 heterocycles. The summed E-state index contributed by atoms with van der Waals surface area (Å²) in [5.74, 6) is -1.45. The van der Waals surface area contributed by atoms with Crippen LogP contribution in [0.25, 0.3) is 0 Å². The number of aromatic carboxylic acids is 1. The van der Waals surface area contributed by atoms with Crippen LogP contribution in [0.4, 0.5) is 5.69 Å². The fourth-order valence-corrected chi connectivity index (χ4v) is 1.85. The minimum absolute atomic E-state index is 0.0528. The molecule has 7 heteroatoms. The number of anilines is 1. The molecule has 0 fully saturated rings.